The van der Waals surface area contributed by atoms with Crippen molar-refractivity contribution in [3.8, 4) is 68.3 Å². The van der Waals surface area contributed by atoms with E-state index in [0.717, 1.165) is 72.9 Å². The van der Waals surface area contributed by atoms with Crippen LogP contribution in [0.3, 0.4) is 0 Å². The van der Waals surface area contributed by atoms with Gasteiger partial charge in [0, 0.05) is 39.2 Å². The van der Waals surface area contributed by atoms with Gasteiger partial charge in [0.05, 0.1) is 22.1 Å². The number of aromatic nitrogens is 7. The molecule has 0 fully saturated rings. The minimum absolute atomic E-state index is 0.417. The van der Waals surface area contributed by atoms with E-state index in [1.165, 1.54) is 11.1 Å². The van der Waals surface area contributed by atoms with Gasteiger partial charge in [-0.2, -0.15) is 0 Å². The molecule has 0 bridgehead atoms. The second-order valence-electron chi connectivity index (χ2n) is 15.8. The van der Waals surface area contributed by atoms with Gasteiger partial charge in [-0.1, -0.05) is 137 Å². The maximum Gasteiger partial charge on any atom is 0.164 e. The van der Waals surface area contributed by atoms with Crippen molar-refractivity contribution < 1.29 is 0 Å². The molecule has 3 heterocycles. The monoisotopic (exact) mass is 777 g/mol. The number of benzene rings is 7. The van der Waals surface area contributed by atoms with E-state index in [1.807, 2.05) is 72.8 Å². The molecule has 0 aliphatic carbocycles. The van der Waals surface area contributed by atoms with Gasteiger partial charge in [0.2, 0.25) is 0 Å². The molecule has 0 spiro atoms. The molecular formula is C53H43N7. The lowest BCUT2D eigenvalue weighted by Crippen LogP contribution is -2.03. The summed E-state index contributed by atoms with van der Waals surface area (Å²) in [6.07, 6.45) is 0. The normalized spacial score (nSPS) is 11.6. The summed E-state index contributed by atoms with van der Waals surface area (Å²) in [5, 5.41) is 0. The summed E-state index contributed by atoms with van der Waals surface area (Å²) in [5.41, 5.74) is 12.9. The number of para-hydroxylation sites is 4. The highest BCUT2D eigenvalue weighted by Crippen LogP contribution is 2.38. The zero-order valence-corrected chi connectivity index (χ0v) is 34.0. The van der Waals surface area contributed by atoms with Crippen LogP contribution in [0.5, 0.6) is 0 Å². The molecule has 0 saturated carbocycles. The molecule has 0 amide bonds. The number of imidazole rings is 2. The highest BCUT2D eigenvalue weighted by Gasteiger charge is 2.22. The Morgan fingerprint density at radius 1 is 0.333 bits per heavy atom. The Labute approximate surface area is 349 Å². The van der Waals surface area contributed by atoms with Crippen molar-refractivity contribution in [2.75, 3.05) is 0 Å². The van der Waals surface area contributed by atoms with Crippen LogP contribution in [0.4, 0.5) is 0 Å². The molecule has 0 atom stereocenters. The molecule has 3 aromatic heterocycles. The van der Waals surface area contributed by atoms with Gasteiger partial charge in [-0.05, 0) is 89.7 Å². The van der Waals surface area contributed by atoms with Crippen LogP contribution in [0.2, 0.25) is 0 Å². The van der Waals surface area contributed by atoms with Gasteiger partial charge in [-0.3, -0.25) is 9.13 Å². The predicted molar refractivity (Wildman–Crippen MR) is 244 cm³/mol. The van der Waals surface area contributed by atoms with E-state index in [1.54, 1.807) is 0 Å². The van der Waals surface area contributed by atoms with Crippen molar-refractivity contribution in [3.05, 3.63) is 187 Å². The van der Waals surface area contributed by atoms with Gasteiger partial charge in [-0.25, -0.2) is 24.9 Å². The fourth-order valence-electron chi connectivity index (χ4n) is 7.93. The Morgan fingerprint density at radius 3 is 1.08 bits per heavy atom. The van der Waals surface area contributed by atoms with E-state index in [9.17, 15) is 0 Å². The number of fused-ring (bicyclic) bond motifs is 2. The van der Waals surface area contributed by atoms with Gasteiger partial charge >= 0.3 is 0 Å². The summed E-state index contributed by atoms with van der Waals surface area (Å²) in [5.74, 6) is 4.20. The van der Waals surface area contributed by atoms with E-state index in [0.29, 0.717) is 29.3 Å². The fraction of sp³-hybridized carbons (Fsp3) is 0.113. The first kappa shape index (κ1) is 36.8. The van der Waals surface area contributed by atoms with Gasteiger partial charge in [0.15, 0.2) is 17.5 Å². The molecule has 7 heteroatoms. The summed E-state index contributed by atoms with van der Waals surface area (Å²) in [4.78, 5) is 26.1. The Kier molecular flexibility index (Phi) is 9.41. The van der Waals surface area contributed by atoms with Crippen molar-refractivity contribution in [2.24, 2.45) is 0 Å². The standard InChI is InChI=1S/C53H43N7/c1-34(2)36-23-27-43(28-24-36)59-47-21-13-11-19-45(47)54-52(59)41-31-40(51-57-49(38-15-7-5-8-16-38)56-50(58-51)39-17-9-6-10-18-39)32-42(33-41)53-55-46-20-12-14-22-48(46)60(53)44-29-25-37(26-30-44)35(3)4/h5-35H,1-4H3. The molecule has 7 aromatic carbocycles. The highest BCUT2D eigenvalue weighted by molar-refractivity contribution is 5.88. The van der Waals surface area contributed by atoms with Gasteiger partial charge in [0.25, 0.3) is 0 Å². The van der Waals surface area contributed by atoms with E-state index < -0.39 is 0 Å². The van der Waals surface area contributed by atoms with Crippen molar-refractivity contribution in [1.82, 2.24) is 34.1 Å². The number of rotatable bonds is 9. The average Bonchev–Trinajstić information content (AvgIpc) is 3.89. The summed E-state index contributed by atoms with van der Waals surface area (Å²) < 4.78 is 4.52. The lowest BCUT2D eigenvalue weighted by atomic mass is 10.0. The van der Waals surface area contributed by atoms with E-state index >= 15 is 0 Å². The van der Waals surface area contributed by atoms with Crippen LogP contribution in [-0.4, -0.2) is 34.1 Å². The summed E-state index contributed by atoms with van der Waals surface area (Å²) >= 11 is 0. The minimum atomic E-state index is 0.417. The molecule has 0 aliphatic rings. The van der Waals surface area contributed by atoms with Crippen LogP contribution in [0.15, 0.2) is 176 Å². The molecule has 0 saturated heterocycles. The smallest absolute Gasteiger partial charge is 0.164 e. The summed E-state index contributed by atoms with van der Waals surface area (Å²) in [6, 6.07) is 61.0. The third-order valence-corrected chi connectivity index (χ3v) is 11.2. The quantitative estimate of drug-likeness (QED) is 0.146. The Bertz CT molecular complexity index is 2920. The third kappa shape index (κ3) is 6.84. The maximum absolute atomic E-state index is 5.35. The molecular weight excluding hydrogens is 735 g/mol. The first-order valence-electron chi connectivity index (χ1n) is 20.6. The summed E-state index contributed by atoms with van der Waals surface area (Å²) in [6.45, 7) is 8.89. The first-order chi connectivity index (χ1) is 29.4. The van der Waals surface area contributed by atoms with Crippen LogP contribution in [0.25, 0.3) is 90.4 Å². The van der Waals surface area contributed by atoms with Crippen molar-refractivity contribution in [2.45, 2.75) is 39.5 Å². The molecule has 0 N–H and O–H groups in total. The molecule has 0 radical (unpaired) electrons. The lowest BCUT2D eigenvalue weighted by molar-refractivity contribution is 0.865. The summed E-state index contributed by atoms with van der Waals surface area (Å²) in [7, 11) is 0. The van der Waals surface area contributed by atoms with Crippen LogP contribution >= 0.6 is 0 Å². The minimum Gasteiger partial charge on any atom is -0.292 e. The highest BCUT2D eigenvalue weighted by atomic mass is 15.1. The van der Waals surface area contributed by atoms with E-state index in [4.69, 9.17) is 24.9 Å². The molecule has 290 valence electrons. The van der Waals surface area contributed by atoms with Crippen LogP contribution in [-0.2, 0) is 0 Å². The SMILES string of the molecule is CC(C)c1ccc(-n2c(-c3cc(-c4nc(-c5ccccc5)nc(-c5ccccc5)n4)cc(-c4nc5ccccc5n4-c4ccc(C(C)C)cc4)c3)nc3ccccc32)cc1. The predicted octanol–water partition coefficient (Wildman–Crippen LogP) is 13.1. The second kappa shape index (κ2) is 15.3. The van der Waals surface area contributed by atoms with Crippen LogP contribution in [0, 0.1) is 0 Å². The molecule has 0 unspecified atom stereocenters. The number of hydrogen-bond donors (Lipinski definition) is 0. The molecule has 60 heavy (non-hydrogen) atoms. The average molecular weight is 778 g/mol. The lowest BCUT2D eigenvalue weighted by Gasteiger charge is -2.15. The Hall–Kier alpha value is -7.51. The van der Waals surface area contributed by atoms with Crippen LogP contribution < -0.4 is 0 Å². The Balaban J connectivity index is 1.26. The molecule has 10 aromatic rings. The van der Waals surface area contributed by atoms with Crippen LogP contribution in [0.1, 0.15) is 50.7 Å². The fourth-order valence-corrected chi connectivity index (χ4v) is 7.93. The Morgan fingerprint density at radius 2 is 0.683 bits per heavy atom. The molecule has 10 rings (SSSR count). The first-order valence-corrected chi connectivity index (χ1v) is 20.6. The maximum atomic E-state index is 5.35. The molecule has 7 nitrogen and oxygen atoms in total. The topological polar surface area (TPSA) is 74.3 Å². The zero-order chi connectivity index (χ0) is 40.7. The second-order valence-corrected chi connectivity index (χ2v) is 15.8. The third-order valence-electron chi connectivity index (χ3n) is 11.2. The molecule has 0 aliphatic heterocycles. The largest absolute Gasteiger partial charge is 0.292 e. The van der Waals surface area contributed by atoms with Gasteiger partial charge < -0.3 is 0 Å². The van der Waals surface area contributed by atoms with Crippen molar-refractivity contribution in [3.63, 3.8) is 0 Å². The van der Waals surface area contributed by atoms with Gasteiger partial charge in [-0.15, -0.1) is 0 Å². The van der Waals surface area contributed by atoms with E-state index in [-0.39, 0.29) is 0 Å². The van der Waals surface area contributed by atoms with Crippen molar-refractivity contribution >= 4 is 22.1 Å². The zero-order valence-electron chi connectivity index (χ0n) is 34.0. The van der Waals surface area contributed by atoms with E-state index in [2.05, 4.69) is 140 Å². The van der Waals surface area contributed by atoms with Gasteiger partial charge in [0.1, 0.15) is 11.6 Å². The number of hydrogen-bond acceptors (Lipinski definition) is 5. The van der Waals surface area contributed by atoms with Crippen molar-refractivity contribution in [1.29, 1.82) is 0 Å². The number of nitrogens with zero attached hydrogens (tertiary/aromatic N) is 7.